The first kappa shape index (κ1) is 10.5. The maximum Gasteiger partial charge on any atom is 0.161 e. The lowest BCUT2D eigenvalue weighted by Crippen LogP contribution is -1.96. The van der Waals surface area contributed by atoms with Crippen molar-refractivity contribution in [3.63, 3.8) is 0 Å². The number of hydrogen-bond acceptors (Lipinski definition) is 2. The molecule has 13 heavy (non-hydrogen) atoms. The zero-order chi connectivity index (χ0) is 10.0. The molecule has 0 aliphatic carbocycles. The largest absolute Gasteiger partial charge is 0.494 e. The maximum atomic E-state index is 11.1. The van der Waals surface area contributed by atoms with Gasteiger partial charge in [-0.3, -0.25) is 4.79 Å². The monoisotopic (exact) mass is 262 g/mol. The third-order valence-electron chi connectivity index (χ3n) is 1.63. The normalized spacial score (nSPS) is 9.85. The molecule has 70 valence electrons. The van der Waals surface area contributed by atoms with E-state index < -0.39 is 0 Å². The SMILES string of the molecule is COc1c(Cl)ccc(C(C)=O)c1Br. The second kappa shape index (κ2) is 4.11. The molecule has 0 aliphatic rings. The van der Waals surface area contributed by atoms with Crippen LogP contribution in [0.5, 0.6) is 5.75 Å². The van der Waals surface area contributed by atoms with E-state index in [9.17, 15) is 4.79 Å². The van der Waals surface area contributed by atoms with Gasteiger partial charge in [0.15, 0.2) is 11.5 Å². The van der Waals surface area contributed by atoms with Crippen LogP contribution in [-0.2, 0) is 0 Å². The zero-order valence-corrected chi connectivity index (χ0v) is 9.57. The van der Waals surface area contributed by atoms with E-state index in [1.54, 1.807) is 12.1 Å². The van der Waals surface area contributed by atoms with Gasteiger partial charge in [-0.25, -0.2) is 0 Å². The van der Waals surface area contributed by atoms with Gasteiger partial charge < -0.3 is 4.74 Å². The van der Waals surface area contributed by atoms with Gasteiger partial charge in [-0.05, 0) is 35.0 Å². The van der Waals surface area contributed by atoms with Crippen LogP contribution >= 0.6 is 27.5 Å². The van der Waals surface area contributed by atoms with Crippen LogP contribution in [-0.4, -0.2) is 12.9 Å². The van der Waals surface area contributed by atoms with Crippen LogP contribution in [0.4, 0.5) is 0 Å². The fourth-order valence-electron chi connectivity index (χ4n) is 0.992. The summed E-state index contributed by atoms with van der Waals surface area (Å²) >= 11 is 9.10. The topological polar surface area (TPSA) is 26.3 Å². The number of carbonyl (C=O) groups excluding carboxylic acids is 1. The van der Waals surface area contributed by atoms with Gasteiger partial charge in [0, 0.05) is 5.56 Å². The third kappa shape index (κ3) is 2.03. The van der Waals surface area contributed by atoms with Crippen LogP contribution in [0.25, 0.3) is 0 Å². The Morgan fingerprint density at radius 1 is 1.54 bits per heavy atom. The minimum atomic E-state index is -0.0261. The summed E-state index contributed by atoms with van der Waals surface area (Å²) in [5, 5.41) is 0.486. The van der Waals surface area contributed by atoms with Crippen molar-refractivity contribution in [3.8, 4) is 5.75 Å². The predicted molar refractivity (Wildman–Crippen MR) is 55.7 cm³/mol. The number of ether oxygens (including phenoxy) is 1. The average Bonchev–Trinajstić information content (AvgIpc) is 2.04. The lowest BCUT2D eigenvalue weighted by atomic mass is 10.1. The fourth-order valence-corrected chi connectivity index (χ4v) is 2.13. The molecule has 1 aromatic rings. The van der Waals surface area contributed by atoms with Crippen molar-refractivity contribution >= 4 is 33.3 Å². The molecule has 0 saturated heterocycles. The van der Waals surface area contributed by atoms with Gasteiger partial charge in [-0.2, -0.15) is 0 Å². The number of hydrogen-bond donors (Lipinski definition) is 0. The second-order valence-corrected chi connectivity index (χ2v) is 3.70. The van der Waals surface area contributed by atoms with Crippen LogP contribution in [0.2, 0.25) is 5.02 Å². The first-order valence-electron chi connectivity index (χ1n) is 3.61. The lowest BCUT2D eigenvalue weighted by Gasteiger charge is -2.08. The highest BCUT2D eigenvalue weighted by atomic mass is 79.9. The molecule has 2 nitrogen and oxygen atoms in total. The van der Waals surface area contributed by atoms with Crippen LogP contribution in [0.3, 0.4) is 0 Å². The highest BCUT2D eigenvalue weighted by Gasteiger charge is 2.12. The number of halogens is 2. The summed E-state index contributed by atoms with van der Waals surface area (Å²) < 4.78 is 5.64. The molecule has 4 heteroatoms. The second-order valence-electron chi connectivity index (χ2n) is 2.50. The minimum Gasteiger partial charge on any atom is -0.494 e. The molecule has 0 N–H and O–H groups in total. The highest BCUT2D eigenvalue weighted by molar-refractivity contribution is 9.10. The van der Waals surface area contributed by atoms with E-state index in [1.165, 1.54) is 14.0 Å². The molecular weight excluding hydrogens is 255 g/mol. The summed E-state index contributed by atoms with van der Waals surface area (Å²) in [5.41, 5.74) is 0.571. The Kier molecular flexibility index (Phi) is 3.33. The van der Waals surface area contributed by atoms with Gasteiger partial charge in [0.05, 0.1) is 16.6 Å². The van der Waals surface area contributed by atoms with E-state index in [-0.39, 0.29) is 5.78 Å². The molecule has 0 aliphatic heterocycles. The molecule has 0 amide bonds. The van der Waals surface area contributed by atoms with E-state index in [2.05, 4.69) is 15.9 Å². The standard InChI is InChI=1S/C9H8BrClO2/c1-5(12)6-3-4-7(11)9(13-2)8(6)10/h3-4H,1-2H3. The number of carbonyl (C=O) groups is 1. The predicted octanol–water partition coefficient (Wildman–Crippen LogP) is 3.31. The molecule has 0 bridgehead atoms. The van der Waals surface area contributed by atoms with Crippen molar-refractivity contribution in [2.45, 2.75) is 6.92 Å². The quantitative estimate of drug-likeness (QED) is 0.765. The molecule has 0 aromatic heterocycles. The van der Waals surface area contributed by atoms with Crippen LogP contribution in [0.1, 0.15) is 17.3 Å². The Morgan fingerprint density at radius 2 is 2.15 bits per heavy atom. The van der Waals surface area contributed by atoms with E-state index in [1.807, 2.05) is 0 Å². The van der Waals surface area contributed by atoms with Crippen molar-refractivity contribution in [1.29, 1.82) is 0 Å². The smallest absolute Gasteiger partial charge is 0.161 e. The van der Waals surface area contributed by atoms with Gasteiger partial charge >= 0.3 is 0 Å². The first-order chi connectivity index (χ1) is 6.07. The number of rotatable bonds is 2. The molecule has 0 fully saturated rings. The van der Waals surface area contributed by atoms with Gasteiger partial charge in [0.2, 0.25) is 0 Å². The highest BCUT2D eigenvalue weighted by Crippen LogP contribution is 2.35. The van der Waals surface area contributed by atoms with Gasteiger partial charge in [0.25, 0.3) is 0 Å². The van der Waals surface area contributed by atoms with Crippen LogP contribution in [0, 0.1) is 0 Å². The minimum absolute atomic E-state index is 0.0261. The number of ketones is 1. The van der Waals surface area contributed by atoms with Crippen molar-refractivity contribution < 1.29 is 9.53 Å². The summed E-state index contributed by atoms with van der Waals surface area (Å²) in [4.78, 5) is 11.1. The summed E-state index contributed by atoms with van der Waals surface area (Å²) in [5.74, 6) is 0.469. The Bertz CT molecular complexity index is 350. The first-order valence-corrected chi connectivity index (χ1v) is 4.78. The van der Waals surface area contributed by atoms with Gasteiger partial charge in [-0.15, -0.1) is 0 Å². The molecule has 1 rings (SSSR count). The summed E-state index contributed by atoms with van der Waals surface area (Å²) in [6.45, 7) is 1.49. The van der Waals surface area contributed by atoms with Crippen LogP contribution in [0.15, 0.2) is 16.6 Å². The molecule has 0 atom stereocenters. The molecular formula is C9H8BrClO2. The van der Waals surface area contributed by atoms with Crippen molar-refractivity contribution in [2.24, 2.45) is 0 Å². The van der Waals surface area contributed by atoms with Gasteiger partial charge in [0.1, 0.15) is 0 Å². The maximum absolute atomic E-state index is 11.1. The number of Topliss-reactive ketones (excluding diaryl/α,β-unsaturated/α-hetero) is 1. The molecule has 0 saturated carbocycles. The fraction of sp³-hybridized carbons (Fsp3) is 0.222. The van der Waals surface area contributed by atoms with Crippen molar-refractivity contribution in [2.75, 3.05) is 7.11 Å². The Balaban J connectivity index is 3.35. The molecule has 0 radical (unpaired) electrons. The molecule has 0 unspecified atom stereocenters. The zero-order valence-electron chi connectivity index (χ0n) is 7.23. The van der Waals surface area contributed by atoms with E-state index in [0.717, 1.165) is 0 Å². The Labute approximate surface area is 90.0 Å². The van der Waals surface area contributed by atoms with Crippen molar-refractivity contribution in [3.05, 3.63) is 27.2 Å². The van der Waals surface area contributed by atoms with E-state index in [0.29, 0.717) is 20.8 Å². The number of methoxy groups -OCH3 is 1. The molecule has 1 aromatic carbocycles. The average molecular weight is 264 g/mol. The summed E-state index contributed by atoms with van der Waals surface area (Å²) in [6.07, 6.45) is 0. The summed E-state index contributed by atoms with van der Waals surface area (Å²) in [6, 6.07) is 3.30. The lowest BCUT2D eigenvalue weighted by molar-refractivity contribution is 0.101. The number of benzene rings is 1. The van der Waals surface area contributed by atoms with Crippen LogP contribution < -0.4 is 4.74 Å². The molecule has 0 heterocycles. The molecule has 0 spiro atoms. The summed E-state index contributed by atoms with van der Waals surface area (Å²) in [7, 11) is 1.51. The Hall–Kier alpha value is -0.540. The van der Waals surface area contributed by atoms with Gasteiger partial charge in [-0.1, -0.05) is 11.6 Å². The van der Waals surface area contributed by atoms with E-state index in [4.69, 9.17) is 16.3 Å². The van der Waals surface area contributed by atoms with E-state index >= 15 is 0 Å². The Morgan fingerprint density at radius 3 is 2.62 bits per heavy atom. The third-order valence-corrected chi connectivity index (χ3v) is 2.72. The van der Waals surface area contributed by atoms with Crippen molar-refractivity contribution in [1.82, 2.24) is 0 Å².